The van der Waals surface area contributed by atoms with Crippen LogP contribution in [0.2, 0.25) is 0 Å². The quantitative estimate of drug-likeness (QED) is 0.343. The van der Waals surface area contributed by atoms with Crippen LogP contribution >= 0.6 is 11.3 Å². The fourth-order valence-electron chi connectivity index (χ4n) is 5.73. The minimum Gasteiger partial charge on any atom is -0.381 e. The number of thiazole rings is 1. The summed E-state index contributed by atoms with van der Waals surface area (Å²) in [5, 5.41) is 6.11. The molecule has 3 aromatic rings. The third kappa shape index (κ3) is 5.66. The van der Waals surface area contributed by atoms with E-state index in [2.05, 4.69) is 27.5 Å². The number of benzene rings is 1. The lowest BCUT2D eigenvalue weighted by molar-refractivity contribution is -0.0117. The minimum absolute atomic E-state index is 0.00437. The second-order valence-corrected chi connectivity index (χ2v) is 11.5. The van der Waals surface area contributed by atoms with Crippen molar-refractivity contribution in [1.82, 2.24) is 9.97 Å². The van der Waals surface area contributed by atoms with Gasteiger partial charge >= 0.3 is 0 Å². The second-order valence-electron chi connectivity index (χ2n) is 10.5. The highest BCUT2D eigenvalue weighted by atomic mass is 32.1. The lowest BCUT2D eigenvalue weighted by Gasteiger charge is -2.32. The van der Waals surface area contributed by atoms with Gasteiger partial charge in [0.25, 0.3) is 5.91 Å². The zero-order chi connectivity index (χ0) is 27.7. The highest BCUT2D eigenvalue weighted by Gasteiger charge is 2.36. The van der Waals surface area contributed by atoms with Gasteiger partial charge in [0.2, 0.25) is 0 Å². The zero-order valence-corrected chi connectivity index (χ0v) is 22.7. The standard InChI is InChI=1S/C28H32F3N5O2S/c1-15-9-16(11-18(32)10-15)19-3-6-34-14-22(19)35-25(37)24-27(33-2)39-26(36-24)23-20(29)12-17(13-21(23)30)28(31)4-7-38-8-5-28/h3,6,12-16,18,33H,4-5,7-11,32H2,1-2H3,(H,35,37). The molecule has 1 saturated heterocycles. The van der Waals surface area contributed by atoms with Crippen LogP contribution in [-0.2, 0) is 10.4 Å². The first kappa shape index (κ1) is 27.5. The molecule has 11 heteroatoms. The first-order chi connectivity index (χ1) is 18.7. The first-order valence-corrected chi connectivity index (χ1v) is 14.0. The molecule has 3 atom stereocenters. The van der Waals surface area contributed by atoms with Crippen molar-refractivity contribution in [2.75, 3.05) is 30.9 Å². The molecule has 3 heterocycles. The fourth-order valence-corrected chi connectivity index (χ4v) is 6.69. The first-order valence-electron chi connectivity index (χ1n) is 13.1. The zero-order valence-electron chi connectivity index (χ0n) is 21.9. The van der Waals surface area contributed by atoms with Crippen molar-refractivity contribution in [3.8, 4) is 10.6 Å². The number of amides is 1. The Morgan fingerprint density at radius 3 is 2.56 bits per heavy atom. The van der Waals surface area contributed by atoms with E-state index in [9.17, 15) is 4.79 Å². The molecule has 1 aliphatic carbocycles. The topological polar surface area (TPSA) is 102 Å². The van der Waals surface area contributed by atoms with Crippen LogP contribution in [0.25, 0.3) is 10.6 Å². The SMILES string of the molecule is CNc1sc(-c2c(F)cc(C3(F)CCOCC3)cc2F)nc1C(=O)Nc1cnccc1C1CC(C)CC(N)C1. The molecular weight excluding hydrogens is 527 g/mol. The third-order valence-electron chi connectivity index (χ3n) is 7.65. The third-order valence-corrected chi connectivity index (χ3v) is 8.74. The predicted molar refractivity (Wildman–Crippen MR) is 146 cm³/mol. The average Bonchev–Trinajstić information content (AvgIpc) is 3.32. The van der Waals surface area contributed by atoms with E-state index < -0.39 is 28.8 Å². The molecule has 1 amide bonds. The second kappa shape index (κ2) is 11.2. The Labute approximate surface area is 229 Å². The van der Waals surface area contributed by atoms with Crippen LogP contribution in [0.1, 0.15) is 66.6 Å². The van der Waals surface area contributed by atoms with Crippen molar-refractivity contribution >= 4 is 27.9 Å². The monoisotopic (exact) mass is 559 g/mol. The number of carbonyl (C=O) groups excluding carboxylic acids is 1. The summed E-state index contributed by atoms with van der Waals surface area (Å²) in [6.07, 6.45) is 6.05. The lowest BCUT2D eigenvalue weighted by atomic mass is 9.76. The summed E-state index contributed by atoms with van der Waals surface area (Å²) in [4.78, 5) is 21.8. The number of pyridine rings is 1. The molecule has 5 rings (SSSR count). The van der Waals surface area contributed by atoms with E-state index in [0.717, 1.165) is 48.3 Å². The van der Waals surface area contributed by atoms with Crippen LogP contribution in [-0.4, -0.2) is 42.2 Å². The van der Waals surface area contributed by atoms with Crippen molar-refractivity contribution in [3.05, 3.63) is 59.0 Å². The maximum Gasteiger partial charge on any atom is 0.277 e. The Bertz CT molecular complexity index is 1330. The number of anilines is 2. The van der Waals surface area contributed by atoms with Gasteiger partial charge < -0.3 is 21.1 Å². The lowest BCUT2D eigenvalue weighted by Crippen LogP contribution is -2.31. The smallest absolute Gasteiger partial charge is 0.277 e. The summed E-state index contributed by atoms with van der Waals surface area (Å²) >= 11 is 0.944. The van der Waals surface area contributed by atoms with Gasteiger partial charge in [-0.3, -0.25) is 9.78 Å². The normalized spacial score (nSPS) is 22.9. The minimum atomic E-state index is -1.86. The molecule has 0 spiro atoms. The van der Waals surface area contributed by atoms with Crippen molar-refractivity contribution in [1.29, 1.82) is 0 Å². The van der Waals surface area contributed by atoms with E-state index >= 15 is 13.2 Å². The molecule has 1 aromatic carbocycles. The van der Waals surface area contributed by atoms with Gasteiger partial charge in [-0.1, -0.05) is 18.3 Å². The number of nitrogens with two attached hydrogens (primary N) is 1. The van der Waals surface area contributed by atoms with E-state index in [1.165, 1.54) is 0 Å². The summed E-state index contributed by atoms with van der Waals surface area (Å²) in [5.74, 6) is -1.77. The van der Waals surface area contributed by atoms with Gasteiger partial charge in [-0.05, 0) is 60.4 Å². The Hall–Kier alpha value is -3.02. The number of halogens is 3. The number of nitrogens with one attached hydrogen (secondary N) is 2. The summed E-state index contributed by atoms with van der Waals surface area (Å²) in [7, 11) is 1.60. The largest absolute Gasteiger partial charge is 0.381 e. The van der Waals surface area contributed by atoms with E-state index in [1.807, 2.05) is 6.07 Å². The maximum atomic E-state index is 15.3. The number of rotatable bonds is 6. The Balaban J connectivity index is 1.43. The molecule has 3 unspecified atom stereocenters. The molecule has 1 aliphatic heterocycles. The Kier molecular flexibility index (Phi) is 7.93. The number of aromatic nitrogens is 2. The van der Waals surface area contributed by atoms with Gasteiger partial charge in [0, 0.05) is 45.3 Å². The van der Waals surface area contributed by atoms with Crippen molar-refractivity contribution in [3.63, 3.8) is 0 Å². The van der Waals surface area contributed by atoms with Gasteiger partial charge in [0.05, 0.1) is 17.4 Å². The molecular formula is C28H32F3N5O2S. The van der Waals surface area contributed by atoms with Crippen molar-refractivity contribution in [2.45, 2.75) is 56.7 Å². The number of ether oxygens (including phenoxy) is 1. The Morgan fingerprint density at radius 1 is 1.18 bits per heavy atom. The highest BCUT2D eigenvalue weighted by molar-refractivity contribution is 7.19. The Morgan fingerprint density at radius 2 is 1.90 bits per heavy atom. The summed E-state index contributed by atoms with van der Waals surface area (Å²) in [6, 6.07) is 4.00. The van der Waals surface area contributed by atoms with Crippen LogP contribution in [0, 0.1) is 17.6 Å². The molecule has 2 fully saturated rings. The summed E-state index contributed by atoms with van der Waals surface area (Å²) in [5.41, 5.74) is 5.44. The predicted octanol–water partition coefficient (Wildman–Crippen LogP) is 5.98. The molecule has 39 heavy (non-hydrogen) atoms. The van der Waals surface area contributed by atoms with Gasteiger partial charge in [-0.2, -0.15) is 0 Å². The fraction of sp³-hybridized carbons (Fsp3) is 0.464. The molecule has 7 nitrogen and oxygen atoms in total. The molecule has 4 N–H and O–H groups in total. The van der Waals surface area contributed by atoms with E-state index in [1.54, 1.807) is 19.4 Å². The number of alkyl halides is 1. The van der Waals surface area contributed by atoms with E-state index in [-0.39, 0.29) is 54.3 Å². The van der Waals surface area contributed by atoms with Crippen molar-refractivity contribution in [2.24, 2.45) is 11.7 Å². The molecule has 208 valence electrons. The van der Waals surface area contributed by atoms with Crippen LogP contribution < -0.4 is 16.4 Å². The van der Waals surface area contributed by atoms with Gasteiger partial charge in [0.1, 0.15) is 27.3 Å². The highest BCUT2D eigenvalue weighted by Crippen LogP contribution is 2.42. The van der Waals surface area contributed by atoms with Gasteiger partial charge in [0.15, 0.2) is 5.69 Å². The van der Waals surface area contributed by atoms with Crippen LogP contribution in [0.3, 0.4) is 0 Å². The van der Waals surface area contributed by atoms with Crippen molar-refractivity contribution < 1.29 is 22.7 Å². The van der Waals surface area contributed by atoms with Crippen LogP contribution in [0.15, 0.2) is 30.6 Å². The summed E-state index contributed by atoms with van der Waals surface area (Å²) < 4.78 is 51.0. The summed E-state index contributed by atoms with van der Waals surface area (Å²) in [6.45, 7) is 2.54. The molecule has 2 aliphatic rings. The van der Waals surface area contributed by atoms with E-state index in [4.69, 9.17) is 10.5 Å². The van der Waals surface area contributed by atoms with Crippen LogP contribution in [0.5, 0.6) is 0 Å². The molecule has 0 bridgehead atoms. The average molecular weight is 560 g/mol. The number of hydrogen-bond acceptors (Lipinski definition) is 7. The van der Waals surface area contributed by atoms with Crippen LogP contribution in [0.4, 0.5) is 23.9 Å². The molecule has 2 aromatic heterocycles. The number of carbonyl (C=O) groups is 1. The maximum absolute atomic E-state index is 15.3. The van der Waals surface area contributed by atoms with Gasteiger partial charge in [-0.25, -0.2) is 18.2 Å². The number of hydrogen-bond donors (Lipinski definition) is 3. The molecule has 0 radical (unpaired) electrons. The number of nitrogens with zero attached hydrogens (tertiary/aromatic N) is 2. The van der Waals surface area contributed by atoms with E-state index in [0.29, 0.717) is 16.6 Å². The molecule has 1 saturated carbocycles. The van der Waals surface area contributed by atoms with Gasteiger partial charge in [-0.15, -0.1) is 0 Å².